The van der Waals surface area contributed by atoms with Gasteiger partial charge in [0, 0.05) is 45.5 Å². The number of dihydropyridines is 1. The molecule has 1 heterocycles. The van der Waals surface area contributed by atoms with Crippen molar-refractivity contribution in [2.45, 2.75) is 50.6 Å². The predicted molar refractivity (Wildman–Crippen MR) is 132 cm³/mol. The summed E-state index contributed by atoms with van der Waals surface area (Å²) in [6.07, 6.45) is -1.54. The van der Waals surface area contributed by atoms with Gasteiger partial charge in [0.15, 0.2) is 5.78 Å². The Bertz CT molecular complexity index is 1240. The molecule has 0 aromatic heterocycles. The van der Waals surface area contributed by atoms with Gasteiger partial charge in [0.05, 0.1) is 5.56 Å². The smallest absolute Gasteiger partial charge is 0.362 e. The predicted octanol–water partition coefficient (Wildman–Crippen LogP) is 6.67. The number of carbonyl (C=O) groups excluding carboxylic acids is 2. The average Bonchev–Trinajstić information content (AvgIpc) is 2.77. The van der Waals surface area contributed by atoms with Crippen molar-refractivity contribution in [2.24, 2.45) is 5.41 Å². The van der Waals surface area contributed by atoms with E-state index in [1.807, 2.05) is 44.4 Å². The number of anilines is 1. The van der Waals surface area contributed by atoms with Gasteiger partial charge in [0.2, 0.25) is 0 Å². The number of carbonyl (C=O) groups is 2. The molecule has 2 aliphatic rings. The highest BCUT2D eigenvalue weighted by atomic mass is 32.2. The molecule has 1 atom stereocenters. The summed E-state index contributed by atoms with van der Waals surface area (Å²) < 4.78 is 39.5. The molecular formula is C27H27F3N2O2S. The van der Waals surface area contributed by atoms with E-state index < -0.39 is 23.6 Å². The van der Waals surface area contributed by atoms with Crippen LogP contribution in [0.1, 0.15) is 50.7 Å². The standard InChI is InChI=1S/C27H27F3N2O2S/c1-15-22(25(34)32-18-7-5-6-17(12-18)27(28,29)30)23(16-8-10-19(35-4)11-9-16)24-20(31-15)13-26(2,3)14-21(24)33/h5-12,23,31H,13-14H2,1-4H3,(H,32,34)/t23-/m0/s1. The van der Waals surface area contributed by atoms with Crippen molar-refractivity contribution < 1.29 is 22.8 Å². The van der Waals surface area contributed by atoms with Crippen molar-refractivity contribution >= 4 is 29.1 Å². The first-order valence-corrected chi connectivity index (χ1v) is 12.5. The molecule has 0 bridgehead atoms. The van der Waals surface area contributed by atoms with Crippen LogP contribution in [0.25, 0.3) is 0 Å². The minimum absolute atomic E-state index is 0.0282. The Balaban J connectivity index is 1.77. The Kier molecular flexibility index (Phi) is 6.62. The topological polar surface area (TPSA) is 58.2 Å². The SMILES string of the molecule is CSc1ccc([C@H]2C(C(=O)Nc3cccc(C(F)(F)F)c3)=C(C)NC3=C2C(=O)CC(C)(C)C3)cc1. The van der Waals surface area contributed by atoms with Crippen LogP contribution < -0.4 is 10.6 Å². The fraction of sp³-hybridized carbons (Fsp3) is 0.333. The fourth-order valence-corrected chi connectivity index (χ4v) is 5.25. The fourth-order valence-electron chi connectivity index (χ4n) is 4.84. The number of ketones is 1. The summed E-state index contributed by atoms with van der Waals surface area (Å²) in [6.45, 7) is 5.83. The van der Waals surface area contributed by atoms with Gasteiger partial charge >= 0.3 is 6.18 Å². The van der Waals surface area contributed by atoms with Gasteiger partial charge in [-0.05, 0) is 60.9 Å². The number of allylic oxidation sites excluding steroid dienone is 3. The van der Waals surface area contributed by atoms with Crippen LogP contribution in [-0.4, -0.2) is 17.9 Å². The molecule has 184 valence electrons. The molecule has 0 spiro atoms. The second kappa shape index (κ2) is 9.22. The van der Waals surface area contributed by atoms with E-state index in [-0.39, 0.29) is 16.9 Å². The second-order valence-electron chi connectivity index (χ2n) is 9.74. The van der Waals surface area contributed by atoms with Crippen molar-refractivity contribution in [3.8, 4) is 0 Å². The van der Waals surface area contributed by atoms with Crippen molar-refractivity contribution in [3.05, 3.63) is 82.2 Å². The molecule has 2 aromatic rings. The van der Waals surface area contributed by atoms with Gasteiger partial charge in [-0.2, -0.15) is 13.2 Å². The summed E-state index contributed by atoms with van der Waals surface area (Å²) in [4.78, 5) is 27.9. The zero-order valence-corrected chi connectivity index (χ0v) is 20.8. The van der Waals surface area contributed by atoms with E-state index in [0.29, 0.717) is 29.7 Å². The molecule has 0 radical (unpaired) electrons. The molecule has 4 nitrogen and oxygen atoms in total. The number of benzene rings is 2. The molecule has 1 aliphatic heterocycles. The third-order valence-electron chi connectivity index (χ3n) is 6.38. The van der Waals surface area contributed by atoms with Crippen LogP contribution in [0.5, 0.6) is 0 Å². The molecule has 0 fully saturated rings. The molecule has 35 heavy (non-hydrogen) atoms. The van der Waals surface area contributed by atoms with Crippen molar-refractivity contribution in [1.82, 2.24) is 5.32 Å². The Morgan fingerprint density at radius 3 is 2.43 bits per heavy atom. The van der Waals surface area contributed by atoms with Crippen molar-refractivity contribution in [3.63, 3.8) is 0 Å². The van der Waals surface area contributed by atoms with Gasteiger partial charge in [0.1, 0.15) is 0 Å². The number of thioether (sulfide) groups is 1. The summed E-state index contributed by atoms with van der Waals surface area (Å²) in [6, 6.07) is 12.2. The summed E-state index contributed by atoms with van der Waals surface area (Å²) in [7, 11) is 0. The molecule has 8 heteroatoms. The first-order chi connectivity index (χ1) is 16.4. The molecule has 2 N–H and O–H groups in total. The number of hydrogen-bond donors (Lipinski definition) is 2. The average molecular weight is 501 g/mol. The van der Waals surface area contributed by atoms with Crippen LogP contribution >= 0.6 is 11.8 Å². The van der Waals surface area contributed by atoms with E-state index >= 15 is 0 Å². The number of halogens is 3. The van der Waals surface area contributed by atoms with Gasteiger partial charge in [-0.25, -0.2) is 0 Å². The van der Waals surface area contributed by atoms with Crippen molar-refractivity contribution in [1.29, 1.82) is 0 Å². The van der Waals surface area contributed by atoms with Crippen LogP contribution in [0, 0.1) is 5.41 Å². The number of rotatable bonds is 4. The van der Waals surface area contributed by atoms with Crippen LogP contribution in [-0.2, 0) is 15.8 Å². The number of hydrogen-bond acceptors (Lipinski definition) is 4. The summed E-state index contributed by atoms with van der Waals surface area (Å²) >= 11 is 1.59. The molecule has 1 amide bonds. The molecule has 4 rings (SSSR count). The lowest BCUT2D eigenvalue weighted by Gasteiger charge is -2.39. The summed E-state index contributed by atoms with van der Waals surface area (Å²) in [5.74, 6) is -1.19. The Hall–Kier alpha value is -3.00. The monoisotopic (exact) mass is 500 g/mol. The number of alkyl halides is 3. The first kappa shape index (κ1) is 25.1. The number of nitrogens with one attached hydrogen (secondary N) is 2. The Morgan fingerprint density at radius 2 is 1.80 bits per heavy atom. The lowest BCUT2D eigenvalue weighted by Crippen LogP contribution is -2.39. The van der Waals surface area contributed by atoms with E-state index in [1.165, 1.54) is 12.1 Å². The van der Waals surface area contributed by atoms with Gasteiger partial charge in [-0.3, -0.25) is 9.59 Å². The van der Waals surface area contributed by atoms with E-state index in [2.05, 4.69) is 10.6 Å². The quantitative estimate of drug-likeness (QED) is 0.461. The molecule has 0 unspecified atom stereocenters. The molecule has 2 aromatic carbocycles. The largest absolute Gasteiger partial charge is 0.416 e. The molecular weight excluding hydrogens is 473 g/mol. The Morgan fingerprint density at radius 1 is 1.11 bits per heavy atom. The minimum Gasteiger partial charge on any atom is -0.362 e. The van der Waals surface area contributed by atoms with E-state index in [4.69, 9.17) is 0 Å². The van der Waals surface area contributed by atoms with Crippen LogP contribution in [0.2, 0.25) is 0 Å². The second-order valence-corrected chi connectivity index (χ2v) is 10.6. The van der Waals surface area contributed by atoms with Crippen LogP contribution in [0.3, 0.4) is 0 Å². The highest BCUT2D eigenvalue weighted by Gasteiger charge is 2.42. The summed E-state index contributed by atoms with van der Waals surface area (Å²) in [5, 5.41) is 5.90. The minimum atomic E-state index is -4.52. The third-order valence-corrected chi connectivity index (χ3v) is 7.12. The summed E-state index contributed by atoms with van der Waals surface area (Å²) in [5.41, 5.74) is 2.04. The zero-order valence-electron chi connectivity index (χ0n) is 20.0. The zero-order chi connectivity index (χ0) is 25.5. The third kappa shape index (κ3) is 5.17. The maximum Gasteiger partial charge on any atom is 0.416 e. The highest BCUT2D eigenvalue weighted by molar-refractivity contribution is 7.98. The van der Waals surface area contributed by atoms with Crippen LogP contribution in [0.15, 0.2) is 76.0 Å². The van der Waals surface area contributed by atoms with Crippen molar-refractivity contribution in [2.75, 3.05) is 11.6 Å². The maximum absolute atomic E-state index is 13.5. The lowest BCUT2D eigenvalue weighted by molar-refractivity contribution is -0.137. The Labute approximate surface area is 207 Å². The lowest BCUT2D eigenvalue weighted by atomic mass is 9.68. The number of Topliss-reactive ketones (excluding diaryl/α,β-unsaturated/α-hetero) is 1. The number of amides is 1. The van der Waals surface area contributed by atoms with Gasteiger partial charge in [-0.1, -0.05) is 32.0 Å². The van der Waals surface area contributed by atoms with E-state index in [1.54, 1.807) is 18.7 Å². The maximum atomic E-state index is 13.5. The van der Waals surface area contributed by atoms with Gasteiger partial charge < -0.3 is 10.6 Å². The molecule has 1 aliphatic carbocycles. The van der Waals surface area contributed by atoms with Crippen LogP contribution in [0.4, 0.5) is 18.9 Å². The first-order valence-electron chi connectivity index (χ1n) is 11.3. The van der Waals surface area contributed by atoms with Gasteiger partial charge in [0.25, 0.3) is 5.91 Å². The normalized spacial score (nSPS) is 19.9. The van der Waals surface area contributed by atoms with E-state index in [9.17, 15) is 22.8 Å². The molecule has 0 saturated heterocycles. The van der Waals surface area contributed by atoms with E-state index in [0.717, 1.165) is 28.3 Å². The van der Waals surface area contributed by atoms with Gasteiger partial charge in [-0.15, -0.1) is 11.8 Å². The highest BCUT2D eigenvalue weighted by Crippen LogP contribution is 2.47. The molecule has 0 saturated carbocycles.